The van der Waals surface area contributed by atoms with Gasteiger partial charge in [-0.1, -0.05) is 135 Å². The van der Waals surface area contributed by atoms with Gasteiger partial charge in [0.15, 0.2) is 12.1 Å². The van der Waals surface area contributed by atoms with Crippen molar-refractivity contribution in [1.29, 1.82) is 0 Å². The minimum Gasteiger partial charge on any atom is -0.477 e. The Balaban J connectivity index is 4.28. The maximum absolute atomic E-state index is 12.6. The number of unbranched alkanes of at least 4 members (excludes halogenated alkanes) is 20. The molecule has 8 nitrogen and oxygen atoms in total. The van der Waals surface area contributed by atoms with E-state index < -0.39 is 18.1 Å². The largest absolute Gasteiger partial charge is 0.477 e. The zero-order valence-electron chi connectivity index (χ0n) is 32.7. The number of carbonyl (C=O) groups excluding carboxylic acids is 2. The van der Waals surface area contributed by atoms with Crippen LogP contribution < -0.4 is 0 Å². The number of carboxylic acid groups (broad SMARTS) is 1. The fraction of sp³-hybridized carbons (Fsp3) is 0.878. The molecular weight excluding hydrogens is 618 g/mol. The van der Waals surface area contributed by atoms with E-state index in [-0.39, 0.29) is 36.2 Å². The molecule has 0 rings (SSSR count). The van der Waals surface area contributed by atoms with Gasteiger partial charge in [-0.3, -0.25) is 9.59 Å². The quantitative estimate of drug-likeness (QED) is 0.0301. The molecule has 0 fully saturated rings. The Morgan fingerprint density at radius 3 is 1.47 bits per heavy atom. The highest BCUT2D eigenvalue weighted by atomic mass is 16.6. The number of esters is 2. The van der Waals surface area contributed by atoms with Crippen LogP contribution in [0, 0.1) is 0 Å². The summed E-state index contributed by atoms with van der Waals surface area (Å²) in [5.74, 6) is -1.47. The molecule has 0 spiro atoms. The number of rotatable bonds is 36. The van der Waals surface area contributed by atoms with Crippen LogP contribution in [0.15, 0.2) is 12.2 Å². The van der Waals surface area contributed by atoms with Crippen molar-refractivity contribution in [1.82, 2.24) is 0 Å². The lowest BCUT2D eigenvalue weighted by Gasteiger charge is -2.31. The van der Waals surface area contributed by atoms with E-state index in [0.717, 1.165) is 38.5 Å². The van der Waals surface area contributed by atoms with Gasteiger partial charge in [0.05, 0.1) is 34.4 Å². The Bertz CT molecular complexity index is 823. The molecule has 1 N–H and O–H groups in total. The number of aliphatic carboxylic acids is 1. The van der Waals surface area contributed by atoms with Gasteiger partial charge in [0.2, 0.25) is 0 Å². The maximum Gasteiger partial charge on any atom is 0.362 e. The summed E-state index contributed by atoms with van der Waals surface area (Å²) in [6, 6.07) is -0.609. The van der Waals surface area contributed by atoms with Crippen molar-refractivity contribution in [3.63, 3.8) is 0 Å². The lowest BCUT2D eigenvalue weighted by molar-refractivity contribution is -0.887. The molecule has 0 amide bonds. The summed E-state index contributed by atoms with van der Waals surface area (Å²) in [5.41, 5.74) is 0. The number of ether oxygens (including phenoxy) is 3. The molecule has 2 atom stereocenters. The molecule has 0 heterocycles. The molecule has 8 heteroatoms. The van der Waals surface area contributed by atoms with E-state index in [1.807, 2.05) is 21.1 Å². The van der Waals surface area contributed by atoms with Crippen molar-refractivity contribution in [2.75, 3.05) is 41.0 Å². The Labute approximate surface area is 301 Å². The molecule has 49 heavy (non-hydrogen) atoms. The van der Waals surface area contributed by atoms with Crippen molar-refractivity contribution in [3.05, 3.63) is 12.2 Å². The molecule has 0 radical (unpaired) electrons. The summed E-state index contributed by atoms with van der Waals surface area (Å²) in [5, 5.41) is 9.57. The SMILES string of the molecule is CCCCCCCC/C=C/CCCCCCCCCC(=O)OCC(COCCC(C(=O)O)[N+](C)(C)C)OC(=O)CCCCCCCCCC. The normalized spacial score (nSPS) is 13.1. The van der Waals surface area contributed by atoms with Gasteiger partial charge in [0.1, 0.15) is 6.61 Å². The van der Waals surface area contributed by atoms with E-state index in [9.17, 15) is 19.5 Å². The van der Waals surface area contributed by atoms with Gasteiger partial charge in [0, 0.05) is 19.3 Å². The van der Waals surface area contributed by atoms with Gasteiger partial charge in [-0.25, -0.2) is 4.79 Å². The van der Waals surface area contributed by atoms with E-state index in [0.29, 0.717) is 19.3 Å². The molecule has 0 aromatic rings. The average molecular weight is 697 g/mol. The highest BCUT2D eigenvalue weighted by Crippen LogP contribution is 2.14. The minimum absolute atomic E-state index is 0.0485. The second kappa shape index (κ2) is 33.2. The lowest BCUT2D eigenvalue weighted by atomic mass is 10.1. The third-order valence-electron chi connectivity index (χ3n) is 9.16. The van der Waals surface area contributed by atoms with E-state index >= 15 is 0 Å². The third kappa shape index (κ3) is 31.8. The molecule has 0 aliphatic heterocycles. The van der Waals surface area contributed by atoms with Crippen molar-refractivity contribution in [2.45, 2.75) is 193 Å². The van der Waals surface area contributed by atoms with Crippen LogP contribution in [0.4, 0.5) is 0 Å². The zero-order chi connectivity index (χ0) is 36.4. The molecule has 0 saturated heterocycles. The topological polar surface area (TPSA) is 99.1 Å². The average Bonchev–Trinajstić information content (AvgIpc) is 3.05. The lowest BCUT2D eigenvalue weighted by Crippen LogP contribution is -2.50. The molecule has 0 aliphatic carbocycles. The summed E-state index contributed by atoms with van der Waals surface area (Å²) in [6.45, 7) is 4.70. The summed E-state index contributed by atoms with van der Waals surface area (Å²) in [6.07, 6.45) is 32.6. The smallest absolute Gasteiger partial charge is 0.362 e. The first kappa shape index (κ1) is 47.1. The van der Waals surface area contributed by atoms with Gasteiger partial charge < -0.3 is 23.8 Å². The van der Waals surface area contributed by atoms with Crippen LogP contribution in [0.2, 0.25) is 0 Å². The van der Waals surface area contributed by atoms with E-state index in [4.69, 9.17) is 14.2 Å². The van der Waals surface area contributed by atoms with E-state index in [1.54, 1.807) is 0 Å². The fourth-order valence-electron chi connectivity index (χ4n) is 5.97. The first-order valence-electron chi connectivity index (χ1n) is 20.2. The fourth-order valence-corrected chi connectivity index (χ4v) is 5.97. The molecule has 288 valence electrons. The Morgan fingerprint density at radius 1 is 0.592 bits per heavy atom. The summed E-state index contributed by atoms with van der Waals surface area (Å²) in [4.78, 5) is 36.7. The predicted molar refractivity (Wildman–Crippen MR) is 202 cm³/mol. The maximum atomic E-state index is 12.6. The highest BCUT2D eigenvalue weighted by molar-refractivity contribution is 5.72. The Kier molecular flexibility index (Phi) is 31.9. The number of nitrogens with zero attached hydrogens (tertiary/aromatic N) is 1. The van der Waals surface area contributed by atoms with Crippen LogP contribution in [0.1, 0.15) is 181 Å². The van der Waals surface area contributed by atoms with Gasteiger partial charge in [-0.05, 0) is 38.5 Å². The Morgan fingerprint density at radius 2 is 1.02 bits per heavy atom. The molecule has 0 bridgehead atoms. The number of carboxylic acids is 1. The van der Waals surface area contributed by atoms with Gasteiger partial charge in [-0.15, -0.1) is 0 Å². The number of hydrogen-bond donors (Lipinski definition) is 1. The summed E-state index contributed by atoms with van der Waals surface area (Å²) in [7, 11) is 5.52. The summed E-state index contributed by atoms with van der Waals surface area (Å²) < 4.78 is 17.2. The van der Waals surface area contributed by atoms with Crippen molar-refractivity contribution in [3.8, 4) is 0 Å². The number of allylic oxidation sites excluding steroid dienone is 2. The van der Waals surface area contributed by atoms with Crippen molar-refractivity contribution < 1.29 is 38.2 Å². The van der Waals surface area contributed by atoms with Gasteiger partial charge in [-0.2, -0.15) is 0 Å². The van der Waals surface area contributed by atoms with E-state index in [2.05, 4.69) is 26.0 Å². The van der Waals surface area contributed by atoms with Crippen LogP contribution in [0.5, 0.6) is 0 Å². The molecule has 0 saturated carbocycles. The van der Waals surface area contributed by atoms with Crippen molar-refractivity contribution >= 4 is 17.9 Å². The molecule has 0 aliphatic rings. The number of likely N-dealkylation sites (N-methyl/N-ethyl adjacent to an activating group) is 1. The number of hydrogen-bond acceptors (Lipinski definition) is 6. The monoisotopic (exact) mass is 697 g/mol. The predicted octanol–water partition coefficient (Wildman–Crippen LogP) is 10.4. The van der Waals surface area contributed by atoms with Crippen molar-refractivity contribution in [2.24, 2.45) is 0 Å². The Hall–Kier alpha value is -1.93. The van der Waals surface area contributed by atoms with Gasteiger partial charge in [0.25, 0.3) is 0 Å². The molecule has 0 aromatic carbocycles. The second-order valence-electron chi connectivity index (χ2n) is 14.9. The van der Waals surface area contributed by atoms with Crippen LogP contribution in [0.25, 0.3) is 0 Å². The van der Waals surface area contributed by atoms with E-state index in [1.165, 1.54) is 109 Å². The molecule has 2 unspecified atom stereocenters. The standard InChI is InChI=1S/C41H77NO7/c1-6-8-10-12-14-16-17-18-19-20-21-22-23-24-26-27-29-31-39(43)48-36-37(35-47-34-33-38(41(45)46)42(3,4)5)49-40(44)32-30-28-25-15-13-11-9-7-2/h18-19,37-38H,6-17,20-36H2,1-5H3/p+1/b19-18+. The first-order chi connectivity index (χ1) is 23.6. The minimum atomic E-state index is -0.875. The number of carbonyl (C=O) groups is 3. The molecular formula is C41H78NO7+. The van der Waals surface area contributed by atoms with Gasteiger partial charge >= 0.3 is 17.9 Å². The summed E-state index contributed by atoms with van der Waals surface area (Å²) >= 11 is 0. The van der Waals surface area contributed by atoms with Crippen LogP contribution in [-0.2, 0) is 28.6 Å². The van der Waals surface area contributed by atoms with Crippen LogP contribution in [0.3, 0.4) is 0 Å². The van der Waals surface area contributed by atoms with Crippen LogP contribution in [-0.4, -0.2) is 80.6 Å². The first-order valence-corrected chi connectivity index (χ1v) is 20.2. The zero-order valence-corrected chi connectivity index (χ0v) is 32.7. The highest BCUT2D eigenvalue weighted by Gasteiger charge is 2.31. The number of quaternary nitrogens is 1. The van der Waals surface area contributed by atoms with Crippen LogP contribution >= 0.6 is 0 Å². The third-order valence-corrected chi connectivity index (χ3v) is 9.16. The molecule has 0 aromatic heterocycles. The second-order valence-corrected chi connectivity index (χ2v) is 14.9.